The lowest BCUT2D eigenvalue weighted by molar-refractivity contribution is -0.121. The summed E-state index contributed by atoms with van der Waals surface area (Å²) in [5, 5.41) is 0. The predicted molar refractivity (Wildman–Crippen MR) is 123 cm³/mol. The summed E-state index contributed by atoms with van der Waals surface area (Å²) in [6, 6.07) is 13.9. The van der Waals surface area contributed by atoms with Crippen LogP contribution in [0.2, 0.25) is 0 Å². The minimum absolute atomic E-state index is 0.0994. The standard InChI is InChI=1S/C23H23NO3S2/c1-4-11-24-22(25)21(29-23(24)28)14-17-9-10-19(20(13-17)26-5-2)27-15-18-8-6-7-16(3)12-18/h4,6-10,12-14H,1,5,11,15H2,2-3H3. The van der Waals surface area contributed by atoms with Crippen molar-refractivity contribution in [2.24, 2.45) is 0 Å². The zero-order valence-electron chi connectivity index (χ0n) is 16.5. The Bertz CT molecular complexity index is 968. The van der Waals surface area contributed by atoms with Crippen molar-refractivity contribution in [2.75, 3.05) is 13.2 Å². The number of aryl methyl sites for hydroxylation is 1. The lowest BCUT2D eigenvalue weighted by atomic mass is 10.1. The van der Waals surface area contributed by atoms with Crippen molar-refractivity contribution in [1.29, 1.82) is 0 Å². The van der Waals surface area contributed by atoms with Crippen LogP contribution in [-0.4, -0.2) is 28.3 Å². The van der Waals surface area contributed by atoms with Gasteiger partial charge < -0.3 is 9.47 Å². The summed E-state index contributed by atoms with van der Waals surface area (Å²) < 4.78 is 12.3. The molecule has 1 amide bonds. The first kappa shape index (κ1) is 21.1. The highest BCUT2D eigenvalue weighted by Gasteiger charge is 2.31. The highest BCUT2D eigenvalue weighted by Crippen LogP contribution is 2.35. The maximum Gasteiger partial charge on any atom is 0.266 e. The maximum absolute atomic E-state index is 12.5. The van der Waals surface area contributed by atoms with Gasteiger partial charge >= 0.3 is 0 Å². The molecule has 0 radical (unpaired) electrons. The molecule has 1 aliphatic rings. The zero-order valence-corrected chi connectivity index (χ0v) is 18.1. The molecule has 1 saturated heterocycles. The zero-order chi connectivity index (χ0) is 20.8. The molecule has 6 heteroatoms. The molecule has 1 aliphatic heterocycles. The number of rotatable bonds is 8. The number of hydrogen-bond acceptors (Lipinski definition) is 5. The smallest absolute Gasteiger partial charge is 0.266 e. The fraction of sp³-hybridized carbons (Fsp3) is 0.217. The number of thiocarbonyl (C=S) groups is 1. The van der Waals surface area contributed by atoms with Crippen LogP contribution in [-0.2, 0) is 11.4 Å². The monoisotopic (exact) mass is 425 g/mol. The van der Waals surface area contributed by atoms with Gasteiger partial charge in [-0.3, -0.25) is 9.69 Å². The molecule has 0 bridgehead atoms. The summed E-state index contributed by atoms with van der Waals surface area (Å²) in [6.07, 6.45) is 3.50. The summed E-state index contributed by atoms with van der Waals surface area (Å²) in [4.78, 5) is 14.7. The number of hydrogen-bond donors (Lipinski definition) is 0. The van der Waals surface area contributed by atoms with E-state index in [0.717, 1.165) is 11.1 Å². The molecule has 29 heavy (non-hydrogen) atoms. The molecule has 3 rings (SSSR count). The Morgan fingerprint density at radius 3 is 2.72 bits per heavy atom. The van der Waals surface area contributed by atoms with Gasteiger partial charge in [-0.1, -0.05) is 66.0 Å². The first-order valence-corrected chi connectivity index (χ1v) is 10.6. The van der Waals surface area contributed by atoms with Crippen LogP contribution in [0.15, 0.2) is 60.0 Å². The molecule has 0 aliphatic carbocycles. The molecule has 4 nitrogen and oxygen atoms in total. The van der Waals surface area contributed by atoms with Crippen LogP contribution in [0.25, 0.3) is 6.08 Å². The average Bonchev–Trinajstić information content (AvgIpc) is 2.95. The largest absolute Gasteiger partial charge is 0.490 e. The Morgan fingerprint density at radius 1 is 1.17 bits per heavy atom. The van der Waals surface area contributed by atoms with Crippen molar-refractivity contribution in [3.63, 3.8) is 0 Å². The van der Waals surface area contributed by atoms with E-state index in [1.54, 1.807) is 11.0 Å². The van der Waals surface area contributed by atoms with Gasteiger partial charge in [0.05, 0.1) is 11.5 Å². The number of benzene rings is 2. The lowest BCUT2D eigenvalue weighted by Gasteiger charge is -2.13. The molecule has 0 unspecified atom stereocenters. The van der Waals surface area contributed by atoms with Crippen molar-refractivity contribution < 1.29 is 14.3 Å². The molecular formula is C23H23NO3S2. The third-order valence-corrected chi connectivity index (χ3v) is 5.61. The normalized spacial score (nSPS) is 15.1. The molecule has 1 fully saturated rings. The SMILES string of the molecule is C=CCN1C(=O)C(=Cc2ccc(OCc3cccc(C)c3)c(OCC)c2)SC1=S. The summed E-state index contributed by atoms with van der Waals surface area (Å²) in [5.41, 5.74) is 3.15. The van der Waals surface area contributed by atoms with Gasteiger partial charge in [-0.2, -0.15) is 0 Å². The van der Waals surface area contributed by atoms with Crippen LogP contribution in [0.1, 0.15) is 23.6 Å². The van der Waals surface area contributed by atoms with Crippen molar-refractivity contribution in [3.8, 4) is 11.5 Å². The minimum atomic E-state index is -0.0994. The van der Waals surface area contributed by atoms with Gasteiger partial charge in [0.1, 0.15) is 10.9 Å². The van der Waals surface area contributed by atoms with E-state index in [1.165, 1.54) is 17.3 Å². The van der Waals surface area contributed by atoms with E-state index in [2.05, 4.69) is 25.6 Å². The van der Waals surface area contributed by atoms with Crippen molar-refractivity contribution in [3.05, 3.63) is 76.7 Å². The highest BCUT2D eigenvalue weighted by molar-refractivity contribution is 8.26. The van der Waals surface area contributed by atoms with E-state index < -0.39 is 0 Å². The number of carbonyl (C=O) groups is 1. The number of carbonyl (C=O) groups excluding carboxylic acids is 1. The molecule has 0 N–H and O–H groups in total. The lowest BCUT2D eigenvalue weighted by Crippen LogP contribution is -2.27. The summed E-state index contributed by atoms with van der Waals surface area (Å²) in [7, 11) is 0. The molecule has 1 heterocycles. The molecule has 150 valence electrons. The Hall–Kier alpha value is -2.57. The molecular weight excluding hydrogens is 402 g/mol. The topological polar surface area (TPSA) is 38.8 Å². The van der Waals surface area contributed by atoms with Gasteiger partial charge in [0.15, 0.2) is 11.5 Å². The van der Waals surface area contributed by atoms with Crippen molar-refractivity contribution in [2.45, 2.75) is 20.5 Å². The van der Waals surface area contributed by atoms with Crippen LogP contribution in [0.5, 0.6) is 11.5 Å². The number of thioether (sulfide) groups is 1. The van der Waals surface area contributed by atoms with Crippen LogP contribution < -0.4 is 9.47 Å². The van der Waals surface area contributed by atoms with Gasteiger partial charge in [0, 0.05) is 6.54 Å². The van der Waals surface area contributed by atoms with Crippen LogP contribution >= 0.6 is 24.0 Å². The van der Waals surface area contributed by atoms with Gasteiger partial charge in [-0.15, -0.1) is 6.58 Å². The second-order valence-electron chi connectivity index (χ2n) is 6.50. The van der Waals surface area contributed by atoms with E-state index in [4.69, 9.17) is 21.7 Å². The summed E-state index contributed by atoms with van der Waals surface area (Å²) >= 11 is 6.59. The first-order valence-electron chi connectivity index (χ1n) is 9.33. The second kappa shape index (κ2) is 9.76. The summed E-state index contributed by atoms with van der Waals surface area (Å²) in [6.45, 7) is 9.05. The van der Waals surface area contributed by atoms with Gasteiger partial charge in [-0.05, 0) is 43.2 Å². The predicted octanol–water partition coefficient (Wildman–Crippen LogP) is 5.36. The van der Waals surface area contributed by atoms with E-state index in [0.29, 0.717) is 40.5 Å². The van der Waals surface area contributed by atoms with E-state index in [-0.39, 0.29) is 5.91 Å². The molecule has 0 atom stereocenters. The number of amides is 1. The third kappa shape index (κ3) is 5.28. The molecule has 0 spiro atoms. The Kier molecular flexibility index (Phi) is 7.12. The average molecular weight is 426 g/mol. The summed E-state index contributed by atoms with van der Waals surface area (Å²) in [5.74, 6) is 1.22. The van der Waals surface area contributed by atoms with Crippen LogP contribution in [0, 0.1) is 6.92 Å². The van der Waals surface area contributed by atoms with Crippen molar-refractivity contribution >= 4 is 40.3 Å². The van der Waals surface area contributed by atoms with E-state index in [1.807, 2.05) is 43.3 Å². The quantitative estimate of drug-likeness (QED) is 0.323. The van der Waals surface area contributed by atoms with Gasteiger partial charge in [0.25, 0.3) is 5.91 Å². The first-order chi connectivity index (χ1) is 14.0. The Labute approximate surface area is 181 Å². The third-order valence-electron chi connectivity index (χ3n) is 4.23. The van der Waals surface area contributed by atoms with Crippen molar-refractivity contribution in [1.82, 2.24) is 4.90 Å². The molecule has 0 aromatic heterocycles. The Morgan fingerprint density at radius 2 is 2.00 bits per heavy atom. The van der Waals surface area contributed by atoms with Gasteiger partial charge in [0.2, 0.25) is 0 Å². The van der Waals surface area contributed by atoms with E-state index in [9.17, 15) is 4.79 Å². The number of ether oxygens (including phenoxy) is 2. The molecule has 2 aromatic carbocycles. The number of nitrogens with zero attached hydrogens (tertiary/aromatic N) is 1. The second-order valence-corrected chi connectivity index (χ2v) is 8.17. The Balaban J connectivity index is 1.79. The fourth-order valence-electron chi connectivity index (χ4n) is 2.90. The van der Waals surface area contributed by atoms with E-state index >= 15 is 0 Å². The van der Waals surface area contributed by atoms with Crippen LogP contribution in [0.3, 0.4) is 0 Å². The molecule has 2 aromatic rings. The maximum atomic E-state index is 12.5. The van der Waals surface area contributed by atoms with Crippen LogP contribution in [0.4, 0.5) is 0 Å². The fourth-order valence-corrected chi connectivity index (χ4v) is 4.18. The highest BCUT2D eigenvalue weighted by atomic mass is 32.2. The minimum Gasteiger partial charge on any atom is -0.490 e. The molecule has 0 saturated carbocycles. The van der Waals surface area contributed by atoms with Gasteiger partial charge in [-0.25, -0.2) is 0 Å².